The van der Waals surface area contributed by atoms with Gasteiger partial charge in [-0.05, 0) is 37.9 Å². The molecule has 2 aliphatic rings. The Morgan fingerprint density at radius 3 is 3.00 bits per heavy atom. The summed E-state index contributed by atoms with van der Waals surface area (Å²) in [7, 11) is 0. The Morgan fingerprint density at radius 1 is 1.37 bits per heavy atom. The van der Waals surface area contributed by atoms with Gasteiger partial charge in [0.1, 0.15) is 0 Å². The highest BCUT2D eigenvalue weighted by molar-refractivity contribution is 6.31. The first-order chi connectivity index (χ1) is 9.20. The van der Waals surface area contributed by atoms with Gasteiger partial charge in [0.25, 0.3) is 0 Å². The fraction of sp³-hybridized carbons (Fsp3) is 0.600. The second kappa shape index (κ2) is 5.29. The van der Waals surface area contributed by atoms with Crippen LogP contribution in [0.3, 0.4) is 0 Å². The molecule has 0 aliphatic carbocycles. The molecule has 0 radical (unpaired) electrons. The van der Waals surface area contributed by atoms with Crippen LogP contribution in [0.2, 0.25) is 5.02 Å². The van der Waals surface area contributed by atoms with Crippen LogP contribution in [0.5, 0.6) is 0 Å². The lowest BCUT2D eigenvalue weighted by molar-refractivity contribution is 0.194. The van der Waals surface area contributed by atoms with E-state index < -0.39 is 0 Å². The molecule has 4 heteroatoms. The molecule has 0 N–H and O–H groups in total. The van der Waals surface area contributed by atoms with Crippen molar-refractivity contribution in [3.63, 3.8) is 0 Å². The molecule has 0 amide bonds. The van der Waals surface area contributed by atoms with Gasteiger partial charge in [0.05, 0.1) is 10.7 Å². The summed E-state index contributed by atoms with van der Waals surface area (Å²) in [6.07, 6.45) is 3.54. The normalized spacial score (nSPS) is 27.6. The number of nitrogens with zero attached hydrogens (tertiary/aromatic N) is 2. The molecule has 2 fully saturated rings. The Hall–Kier alpha value is -0.800. The molecular weight excluding hydrogens is 263 g/mol. The van der Waals surface area contributed by atoms with E-state index in [2.05, 4.69) is 16.7 Å². The SMILES string of the molecule is CCC1CN2CCCC2CN1c1cccc(Cl)c1F. The average Bonchev–Trinajstić information content (AvgIpc) is 2.87. The third-order valence-corrected chi connectivity index (χ3v) is 4.80. The van der Waals surface area contributed by atoms with Gasteiger partial charge in [0.2, 0.25) is 0 Å². The van der Waals surface area contributed by atoms with E-state index in [-0.39, 0.29) is 10.8 Å². The van der Waals surface area contributed by atoms with Crippen LogP contribution in [-0.2, 0) is 0 Å². The van der Waals surface area contributed by atoms with Crippen molar-refractivity contribution in [2.75, 3.05) is 24.5 Å². The number of halogens is 2. The number of anilines is 1. The van der Waals surface area contributed by atoms with E-state index in [4.69, 9.17) is 11.6 Å². The van der Waals surface area contributed by atoms with Crippen molar-refractivity contribution in [2.45, 2.75) is 38.3 Å². The Morgan fingerprint density at radius 2 is 2.21 bits per heavy atom. The fourth-order valence-electron chi connectivity index (χ4n) is 3.45. The van der Waals surface area contributed by atoms with E-state index in [1.807, 2.05) is 12.1 Å². The second-order valence-corrected chi connectivity index (χ2v) is 5.99. The van der Waals surface area contributed by atoms with E-state index in [0.717, 1.165) is 19.5 Å². The summed E-state index contributed by atoms with van der Waals surface area (Å²) < 4.78 is 14.3. The Bertz CT molecular complexity index is 465. The van der Waals surface area contributed by atoms with Crippen LogP contribution in [0, 0.1) is 5.82 Å². The van der Waals surface area contributed by atoms with Crippen molar-refractivity contribution in [2.24, 2.45) is 0 Å². The molecule has 2 aliphatic heterocycles. The fourth-order valence-corrected chi connectivity index (χ4v) is 3.62. The number of fused-ring (bicyclic) bond motifs is 1. The Balaban J connectivity index is 1.91. The minimum absolute atomic E-state index is 0.223. The third-order valence-electron chi connectivity index (χ3n) is 4.50. The monoisotopic (exact) mass is 282 g/mol. The minimum atomic E-state index is -0.269. The molecule has 0 spiro atoms. The quantitative estimate of drug-likeness (QED) is 0.819. The third kappa shape index (κ3) is 2.34. The van der Waals surface area contributed by atoms with Crippen molar-refractivity contribution in [3.8, 4) is 0 Å². The van der Waals surface area contributed by atoms with Gasteiger partial charge >= 0.3 is 0 Å². The first-order valence-corrected chi connectivity index (χ1v) is 7.53. The summed E-state index contributed by atoms with van der Waals surface area (Å²) >= 11 is 5.92. The van der Waals surface area contributed by atoms with Crippen molar-refractivity contribution in [1.82, 2.24) is 4.90 Å². The van der Waals surface area contributed by atoms with Gasteiger partial charge in [-0.3, -0.25) is 4.90 Å². The highest BCUT2D eigenvalue weighted by atomic mass is 35.5. The maximum atomic E-state index is 14.3. The summed E-state index contributed by atoms with van der Waals surface area (Å²) in [5.74, 6) is -0.269. The van der Waals surface area contributed by atoms with Gasteiger partial charge in [-0.15, -0.1) is 0 Å². The Labute approximate surface area is 119 Å². The van der Waals surface area contributed by atoms with Gasteiger partial charge in [-0.25, -0.2) is 4.39 Å². The van der Waals surface area contributed by atoms with Crippen LogP contribution >= 0.6 is 11.6 Å². The van der Waals surface area contributed by atoms with Gasteiger partial charge in [0.15, 0.2) is 5.82 Å². The number of rotatable bonds is 2. The lowest BCUT2D eigenvalue weighted by Gasteiger charge is -2.45. The van der Waals surface area contributed by atoms with Crippen molar-refractivity contribution >= 4 is 17.3 Å². The predicted molar refractivity (Wildman–Crippen MR) is 77.4 cm³/mol. The zero-order valence-electron chi connectivity index (χ0n) is 11.3. The lowest BCUT2D eigenvalue weighted by Crippen LogP contribution is -2.56. The molecule has 2 unspecified atom stereocenters. The van der Waals surface area contributed by atoms with Crippen molar-refractivity contribution < 1.29 is 4.39 Å². The maximum absolute atomic E-state index is 14.3. The molecule has 2 nitrogen and oxygen atoms in total. The average molecular weight is 283 g/mol. The Kier molecular flexibility index (Phi) is 3.68. The zero-order valence-corrected chi connectivity index (χ0v) is 12.0. The van der Waals surface area contributed by atoms with Crippen molar-refractivity contribution in [3.05, 3.63) is 29.0 Å². The molecule has 0 saturated carbocycles. The highest BCUT2D eigenvalue weighted by Crippen LogP contribution is 2.33. The number of piperazine rings is 1. The molecule has 3 rings (SSSR count). The molecule has 1 aromatic carbocycles. The van der Waals surface area contributed by atoms with E-state index in [1.165, 1.54) is 19.4 Å². The van der Waals surface area contributed by atoms with Crippen LogP contribution in [0.15, 0.2) is 18.2 Å². The predicted octanol–water partition coefficient (Wildman–Crippen LogP) is 3.54. The molecule has 0 bridgehead atoms. The summed E-state index contributed by atoms with van der Waals surface area (Å²) in [5.41, 5.74) is 0.672. The number of hydrogen-bond donors (Lipinski definition) is 0. The van der Waals surface area contributed by atoms with E-state index in [9.17, 15) is 4.39 Å². The molecule has 0 aromatic heterocycles. The number of benzene rings is 1. The molecule has 1 aromatic rings. The van der Waals surface area contributed by atoms with Gasteiger partial charge < -0.3 is 4.90 Å². The second-order valence-electron chi connectivity index (χ2n) is 5.58. The first kappa shape index (κ1) is 13.2. The van der Waals surface area contributed by atoms with Gasteiger partial charge in [-0.1, -0.05) is 24.6 Å². The van der Waals surface area contributed by atoms with E-state index in [0.29, 0.717) is 17.8 Å². The lowest BCUT2D eigenvalue weighted by atomic mass is 10.0. The summed E-state index contributed by atoms with van der Waals surface area (Å²) in [5, 5.41) is 0.223. The van der Waals surface area contributed by atoms with E-state index in [1.54, 1.807) is 6.07 Å². The van der Waals surface area contributed by atoms with Crippen LogP contribution in [0.1, 0.15) is 26.2 Å². The van der Waals surface area contributed by atoms with Gasteiger partial charge in [-0.2, -0.15) is 0 Å². The molecule has 2 saturated heterocycles. The minimum Gasteiger partial charge on any atom is -0.363 e. The first-order valence-electron chi connectivity index (χ1n) is 7.15. The maximum Gasteiger partial charge on any atom is 0.165 e. The standard InChI is InChI=1S/C15H20ClFN2/c1-2-11-9-18-8-4-5-12(18)10-19(11)14-7-3-6-13(16)15(14)17/h3,6-7,11-12H,2,4-5,8-10H2,1H3. The van der Waals surface area contributed by atoms with Crippen LogP contribution in [-0.4, -0.2) is 36.6 Å². The smallest absolute Gasteiger partial charge is 0.165 e. The topological polar surface area (TPSA) is 6.48 Å². The zero-order chi connectivity index (χ0) is 13.4. The van der Waals surface area contributed by atoms with Crippen LogP contribution in [0.25, 0.3) is 0 Å². The number of hydrogen-bond acceptors (Lipinski definition) is 2. The van der Waals surface area contributed by atoms with Crippen LogP contribution in [0.4, 0.5) is 10.1 Å². The molecule has 19 heavy (non-hydrogen) atoms. The largest absolute Gasteiger partial charge is 0.363 e. The van der Waals surface area contributed by atoms with Crippen molar-refractivity contribution in [1.29, 1.82) is 0 Å². The highest BCUT2D eigenvalue weighted by Gasteiger charge is 2.36. The summed E-state index contributed by atoms with van der Waals surface area (Å²) in [6, 6.07) is 6.29. The van der Waals surface area contributed by atoms with Gasteiger partial charge in [0, 0.05) is 25.2 Å². The van der Waals surface area contributed by atoms with Crippen LogP contribution < -0.4 is 4.90 Å². The molecule has 2 atom stereocenters. The summed E-state index contributed by atoms with van der Waals surface area (Å²) in [4.78, 5) is 4.79. The molecule has 104 valence electrons. The summed E-state index contributed by atoms with van der Waals surface area (Å²) in [6.45, 7) is 5.35. The molecular formula is C15H20ClFN2. The molecule has 2 heterocycles. The van der Waals surface area contributed by atoms with E-state index >= 15 is 0 Å².